The topological polar surface area (TPSA) is 92.1 Å². The predicted molar refractivity (Wildman–Crippen MR) is 126 cm³/mol. The van der Waals surface area contributed by atoms with Gasteiger partial charge in [0, 0.05) is 28.9 Å². The van der Waals surface area contributed by atoms with E-state index in [1.807, 2.05) is 54.6 Å². The van der Waals surface area contributed by atoms with Crippen molar-refractivity contribution in [3.8, 4) is 11.3 Å². The van der Waals surface area contributed by atoms with Crippen LogP contribution in [0.25, 0.3) is 32.9 Å². The molecule has 7 heteroatoms. The van der Waals surface area contributed by atoms with E-state index in [2.05, 4.69) is 20.6 Å². The third-order valence-corrected chi connectivity index (χ3v) is 5.34. The Labute approximate surface area is 183 Å². The molecule has 0 saturated carbocycles. The van der Waals surface area contributed by atoms with Crippen LogP contribution in [0.2, 0.25) is 0 Å². The molecular weight excluding hydrogens is 402 g/mol. The summed E-state index contributed by atoms with van der Waals surface area (Å²) >= 11 is 0. The average molecular weight is 421 g/mol. The number of hydrazone groups is 1. The standard InChI is InChI=1S/C25H19N5O2/c1-30-25(32)19-13-6-5-12-18(19)23(29-30)24(31)28-26-15-20-17-11-7-8-14-21(17)27-22(20)16-9-3-2-4-10-16/h2-15,27H,1H3,(H,28,31)/b26-15+. The van der Waals surface area contributed by atoms with Crippen molar-refractivity contribution in [1.82, 2.24) is 20.2 Å². The normalized spacial score (nSPS) is 11.4. The molecule has 0 atom stereocenters. The fraction of sp³-hybridized carbons (Fsp3) is 0.0400. The number of fused-ring (bicyclic) bond motifs is 2. The van der Waals surface area contributed by atoms with Crippen molar-refractivity contribution in [2.24, 2.45) is 12.1 Å². The summed E-state index contributed by atoms with van der Waals surface area (Å²) in [5, 5.41) is 10.3. The summed E-state index contributed by atoms with van der Waals surface area (Å²) in [4.78, 5) is 28.6. The van der Waals surface area contributed by atoms with Crippen molar-refractivity contribution in [1.29, 1.82) is 0 Å². The highest BCUT2D eigenvalue weighted by Gasteiger charge is 2.15. The third-order valence-electron chi connectivity index (χ3n) is 5.34. The minimum Gasteiger partial charge on any atom is -0.354 e. The fourth-order valence-electron chi connectivity index (χ4n) is 3.81. The number of rotatable bonds is 4. The van der Waals surface area contributed by atoms with Gasteiger partial charge in [-0.25, -0.2) is 10.1 Å². The van der Waals surface area contributed by atoms with Crippen LogP contribution in [0.1, 0.15) is 16.1 Å². The number of nitrogens with one attached hydrogen (secondary N) is 2. The molecule has 0 spiro atoms. The molecule has 0 radical (unpaired) electrons. The van der Waals surface area contributed by atoms with E-state index in [0.717, 1.165) is 32.4 Å². The van der Waals surface area contributed by atoms with E-state index in [4.69, 9.17) is 0 Å². The molecule has 5 rings (SSSR count). The van der Waals surface area contributed by atoms with Crippen LogP contribution in [0.3, 0.4) is 0 Å². The summed E-state index contributed by atoms with van der Waals surface area (Å²) in [6.07, 6.45) is 1.63. The van der Waals surface area contributed by atoms with Crippen LogP contribution >= 0.6 is 0 Å². The van der Waals surface area contributed by atoms with E-state index in [1.165, 1.54) is 7.05 Å². The van der Waals surface area contributed by atoms with Crippen molar-refractivity contribution in [2.45, 2.75) is 0 Å². The number of hydrogen-bond donors (Lipinski definition) is 2. The van der Waals surface area contributed by atoms with Gasteiger partial charge in [0.15, 0.2) is 5.69 Å². The van der Waals surface area contributed by atoms with Crippen molar-refractivity contribution in [2.75, 3.05) is 0 Å². The van der Waals surface area contributed by atoms with Crippen LogP contribution in [0, 0.1) is 0 Å². The van der Waals surface area contributed by atoms with Gasteiger partial charge in [-0.2, -0.15) is 10.2 Å². The van der Waals surface area contributed by atoms with Crippen LogP contribution in [0.5, 0.6) is 0 Å². The Morgan fingerprint density at radius 3 is 2.38 bits per heavy atom. The van der Waals surface area contributed by atoms with Gasteiger partial charge in [-0.3, -0.25) is 9.59 Å². The molecule has 0 bridgehead atoms. The third kappa shape index (κ3) is 3.35. The second kappa shape index (κ2) is 7.96. The molecule has 5 aromatic rings. The Morgan fingerprint density at radius 2 is 1.59 bits per heavy atom. The molecule has 0 aliphatic carbocycles. The predicted octanol–water partition coefficient (Wildman–Crippen LogP) is 3.85. The lowest BCUT2D eigenvalue weighted by Crippen LogP contribution is -2.27. The van der Waals surface area contributed by atoms with Crippen molar-refractivity contribution in [3.05, 3.63) is 100 Å². The van der Waals surface area contributed by atoms with Crippen LogP contribution in [0.4, 0.5) is 0 Å². The minimum atomic E-state index is -0.492. The first-order chi connectivity index (χ1) is 15.6. The molecule has 0 unspecified atom stereocenters. The lowest BCUT2D eigenvalue weighted by molar-refractivity contribution is 0.0950. The number of aromatic nitrogens is 3. The monoisotopic (exact) mass is 421 g/mol. The van der Waals surface area contributed by atoms with E-state index in [0.29, 0.717) is 10.8 Å². The zero-order valence-electron chi connectivity index (χ0n) is 17.2. The second-order valence-electron chi connectivity index (χ2n) is 7.35. The van der Waals surface area contributed by atoms with Gasteiger partial charge in [0.2, 0.25) is 0 Å². The number of carbonyl (C=O) groups is 1. The minimum absolute atomic E-state index is 0.141. The number of para-hydroxylation sites is 1. The van der Waals surface area contributed by atoms with Gasteiger partial charge in [-0.05, 0) is 17.7 Å². The van der Waals surface area contributed by atoms with Crippen molar-refractivity contribution >= 4 is 33.8 Å². The molecule has 0 aliphatic rings. The number of amides is 1. The Kier molecular flexibility index (Phi) is 4.84. The molecule has 0 saturated heterocycles. The maximum Gasteiger partial charge on any atom is 0.292 e. The molecule has 7 nitrogen and oxygen atoms in total. The molecule has 3 aromatic carbocycles. The SMILES string of the molecule is Cn1nc(C(=O)N/N=C/c2c(-c3ccccc3)[nH]c3ccccc23)c2ccccc2c1=O. The Hall–Kier alpha value is -4.52. The van der Waals surface area contributed by atoms with Gasteiger partial charge < -0.3 is 4.98 Å². The lowest BCUT2D eigenvalue weighted by atomic mass is 10.1. The molecule has 2 N–H and O–H groups in total. The number of H-pyrrole nitrogens is 1. The van der Waals surface area contributed by atoms with Crippen molar-refractivity contribution < 1.29 is 4.79 Å². The van der Waals surface area contributed by atoms with Crippen LogP contribution in [0.15, 0.2) is 88.8 Å². The Balaban J connectivity index is 1.52. The zero-order chi connectivity index (χ0) is 22.1. The van der Waals surface area contributed by atoms with Gasteiger partial charge in [0.1, 0.15) is 0 Å². The number of nitrogens with zero attached hydrogens (tertiary/aromatic N) is 3. The molecule has 0 fully saturated rings. The van der Waals surface area contributed by atoms with E-state index in [9.17, 15) is 9.59 Å². The summed E-state index contributed by atoms with van der Waals surface area (Å²) in [6.45, 7) is 0. The fourth-order valence-corrected chi connectivity index (χ4v) is 3.81. The van der Waals surface area contributed by atoms with Gasteiger partial charge >= 0.3 is 0 Å². The van der Waals surface area contributed by atoms with Crippen molar-refractivity contribution in [3.63, 3.8) is 0 Å². The van der Waals surface area contributed by atoms with E-state index >= 15 is 0 Å². The summed E-state index contributed by atoms with van der Waals surface area (Å²) in [5.41, 5.74) is 6.21. The van der Waals surface area contributed by atoms with Crippen LogP contribution in [-0.4, -0.2) is 26.9 Å². The van der Waals surface area contributed by atoms with E-state index < -0.39 is 5.91 Å². The first kappa shape index (κ1) is 19.4. The van der Waals surface area contributed by atoms with Crippen LogP contribution in [-0.2, 0) is 7.05 Å². The molecule has 156 valence electrons. The molecule has 2 aromatic heterocycles. The zero-order valence-corrected chi connectivity index (χ0v) is 17.2. The van der Waals surface area contributed by atoms with Crippen LogP contribution < -0.4 is 11.0 Å². The summed E-state index contributed by atoms with van der Waals surface area (Å²) in [7, 11) is 1.52. The number of carbonyl (C=O) groups excluding carboxylic acids is 1. The molecule has 2 heterocycles. The number of benzene rings is 3. The maximum atomic E-state index is 12.9. The van der Waals surface area contributed by atoms with Gasteiger partial charge in [-0.15, -0.1) is 0 Å². The van der Waals surface area contributed by atoms with Gasteiger partial charge in [0.05, 0.1) is 17.3 Å². The number of aromatic amines is 1. The summed E-state index contributed by atoms with van der Waals surface area (Å²) in [6, 6.07) is 24.8. The largest absolute Gasteiger partial charge is 0.354 e. The van der Waals surface area contributed by atoms with Gasteiger partial charge in [0.25, 0.3) is 11.5 Å². The number of hydrogen-bond acceptors (Lipinski definition) is 4. The number of aryl methyl sites for hydroxylation is 1. The first-order valence-corrected chi connectivity index (χ1v) is 10.1. The molecule has 32 heavy (non-hydrogen) atoms. The summed E-state index contributed by atoms with van der Waals surface area (Å²) in [5.74, 6) is -0.492. The molecule has 1 amide bonds. The highest BCUT2D eigenvalue weighted by molar-refractivity contribution is 6.07. The second-order valence-corrected chi connectivity index (χ2v) is 7.35. The first-order valence-electron chi connectivity index (χ1n) is 10.1. The smallest absolute Gasteiger partial charge is 0.292 e. The Morgan fingerprint density at radius 1 is 0.938 bits per heavy atom. The highest BCUT2D eigenvalue weighted by atomic mass is 16.2. The highest BCUT2D eigenvalue weighted by Crippen LogP contribution is 2.28. The molecule has 0 aliphatic heterocycles. The quantitative estimate of drug-likeness (QED) is 0.341. The van der Waals surface area contributed by atoms with E-state index in [1.54, 1.807) is 30.5 Å². The van der Waals surface area contributed by atoms with E-state index in [-0.39, 0.29) is 11.3 Å². The lowest BCUT2D eigenvalue weighted by Gasteiger charge is -2.06. The average Bonchev–Trinajstić information content (AvgIpc) is 3.20. The van der Waals surface area contributed by atoms with Gasteiger partial charge in [-0.1, -0.05) is 66.7 Å². The summed E-state index contributed by atoms with van der Waals surface area (Å²) < 4.78 is 1.16. The maximum absolute atomic E-state index is 12.9. The molecular formula is C25H19N5O2. The Bertz CT molecular complexity index is 1550.